The Balaban J connectivity index is 1.90. The summed E-state index contributed by atoms with van der Waals surface area (Å²) in [5.41, 5.74) is -0.458. The first-order valence-corrected chi connectivity index (χ1v) is 7.75. The summed E-state index contributed by atoms with van der Waals surface area (Å²) in [5, 5.41) is 3.54. The lowest BCUT2D eigenvalue weighted by Crippen LogP contribution is -2.52. The molecule has 0 amide bonds. The fourth-order valence-corrected chi connectivity index (χ4v) is 3.12. The molecule has 0 bridgehead atoms. The molecule has 2 aliphatic carbocycles. The van der Waals surface area contributed by atoms with E-state index in [1.54, 1.807) is 0 Å². The van der Waals surface area contributed by atoms with E-state index in [1.165, 1.54) is 20.0 Å². The largest absolute Gasteiger partial charge is 0.468 e. The third-order valence-corrected chi connectivity index (χ3v) is 4.54. The van der Waals surface area contributed by atoms with E-state index < -0.39 is 5.54 Å². The van der Waals surface area contributed by atoms with Gasteiger partial charge in [0.25, 0.3) is 0 Å². The van der Waals surface area contributed by atoms with Gasteiger partial charge in [-0.15, -0.1) is 0 Å². The molecule has 2 saturated carbocycles. The molecule has 5 heteroatoms. The lowest BCUT2D eigenvalue weighted by molar-refractivity contribution is -0.148. The number of hydrogen-bond donors (Lipinski definition) is 1. The number of carbonyl (C=O) groups excluding carboxylic acids is 1. The van der Waals surface area contributed by atoms with Crippen LogP contribution in [0.2, 0.25) is 0 Å². The number of carbonyl (C=O) groups is 1. The molecule has 0 aliphatic heterocycles. The van der Waals surface area contributed by atoms with Crippen molar-refractivity contribution in [3.8, 4) is 0 Å². The second-order valence-electron chi connectivity index (χ2n) is 6.07. The summed E-state index contributed by atoms with van der Waals surface area (Å²) in [7, 11) is 3.61. The maximum Gasteiger partial charge on any atom is 0.326 e. The predicted molar refractivity (Wildman–Crippen MR) is 77.7 cm³/mol. The van der Waals surface area contributed by atoms with Gasteiger partial charge in [0.15, 0.2) is 0 Å². The topological polar surface area (TPSA) is 50.8 Å². The van der Waals surface area contributed by atoms with Gasteiger partial charge in [-0.2, -0.15) is 0 Å². The summed E-state index contributed by atoms with van der Waals surface area (Å²) in [5.74, 6) is -0.0925. The van der Waals surface area contributed by atoms with Gasteiger partial charge < -0.3 is 14.4 Å². The van der Waals surface area contributed by atoms with Gasteiger partial charge >= 0.3 is 5.97 Å². The SMILES string of the molecule is CCOCCN(C)C1CCC(NC2CC2)(C(=O)OC)C1. The van der Waals surface area contributed by atoms with Crippen LogP contribution in [0, 0.1) is 0 Å². The quantitative estimate of drug-likeness (QED) is 0.536. The van der Waals surface area contributed by atoms with Crippen LogP contribution in [0.5, 0.6) is 0 Å². The molecule has 0 aromatic carbocycles. The summed E-state index contributed by atoms with van der Waals surface area (Å²) in [6, 6.07) is 0.947. The van der Waals surface area contributed by atoms with Gasteiger partial charge in [0.2, 0.25) is 0 Å². The average Bonchev–Trinajstić information content (AvgIpc) is 3.15. The van der Waals surface area contributed by atoms with Crippen LogP contribution < -0.4 is 5.32 Å². The minimum Gasteiger partial charge on any atom is -0.468 e. The summed E-state index contributed by atoms with van der Waals surface area (Å²) in [4.78, 5) is 14.5. The molecule has 2 rings (SSSR count). The zero-order chi connectivity index (χ0) is 14.6. The first-order chi connectivity index (χ1) is 9.61. The number of hydrogen-bond acceptors (Lipinski definition) is 5. The zero-order valence-corrected chi connectivity index (χ0v) is 13.0. The number of rotatable bonds is 8. The Labute approximate surface area is 122 Å². The molecule has 1 N–H and O–H groups in total. The highest BCUT2D eigenvalue weighted by Crippen LogP contribution is 2.36. The molecule has 0 aromatic rings. The van der Waals surface area contributed by atoms with Crippen molar-refractivity contribution in [3.63, 3.8) is 0 Å². The van der Waals surface area contributed by atoms with E-state index in [0.29, 0.717) is 12.1 Å². The van der Waals surface area contributed by atoms with Crippen molar-refractivity contribution < 1.29 is 14.3 Å². The third kappa shape index (κ3) is 3.71. The number of esters is 1. The first kappa shape index (κ1) is 15.7. The zero-order valence-electron chi connectivity index (χ0n) is 13.0. The molecule has 2 aliphatic rings. The first-order valence-electron chi connectivity index (χ1n) is 7.75. The van der Waals surface area contributed by atoms with E-state index in [-0.39, 0.29) is 5.97 Å². The monoisotopic (exact) mass is 284 g/mol. The maximum atomic E-state index is 12.2. The molecule has 0 spiro atoms. The summed E-state index contributed by atoms with van der Waals surface area (Å²) in [6.07, 6.45) is 5.13. The lowest BCUT2D eigenvalue weighted by Gasteiger charge is -2.30. The van der Waals surface area contributed by atoms with Crippen LogP contribution in [0.25, 0.3) is 0 Å². The molecule has 20 heavy (non-hydrogen) atoms. The third-order valence-electron chi connectivity index (χ3n) is 4.54. The highest BCUT2D eigenvalue weighted by atomic mass is 16.5. The van der Waals surface area contributed by atoms with Crippen LogP contribution >= 0.6 is 0 Å². The van der Waals surface area contributed by atoms with Crippen molar-refractivity contribution in [2.75, 3.05) is 33.9 Å². The van der Waals surface area contributed by atoms with Crippen molar-refractivity contribution in [1.29, 1.82) is 0 Å². The standard InChI is InChI=1S/C15H28N2O3/c1-4-20-10-9-17(2)13-7-8-15(11-13,14(18)19-3)16-12-5-6-12/h12-13,16H,4-11H2,1-3H3. The number of methoxy groups -OCH3 is 1. The van der Waals surface area contributed by atoms with Gasteiger partial charge in [0.05, 0.1) is 13.7 Å². The minimum atomic E-state index is -0.458. The molecule has 2 atom stereocenters. The average molecular weight is 284 g/mol. The van der Waals surface area contributed by atoms with Gasteiger partial charge in [0.1, 0.15) is 5.54 Å². The molecule has 5 nitrogen and oxygen atoms in total. The van der Waals surface area contributed by atoms with E-state index in [9.17, 15) is 4.79 Å². The Hall–Kier alpha value is -0.650. The highest BCUT2D eigenvalue weighted by molar-refractivity contribution is 5.81. The van der Waals surface area contributed by atoms with Crippen LogP contribution in [0.3, 0.4) is 0 Å². The Kier molecular flexibility index (Phi) is 5.41. The number of ether oxygens (including phenoxy) is 2. The minimum absolute atomic E-state index is 0.0925. The molecule has 0 radical (unpaired) electrons. The smallest absolute Gasteiger partial charge is 0.326 e. The molecule has 116 valence electrons. The maximum absolute atomic E-state index is 12.2. The van der Waals surface area contributed by atoms with E-state index >= 15 is 0 Å². The Morgan fingerprint density at radius 1 is 1.40 bits per heavy atom. The molecule has 2 unspecified atom stereocenters. The van der Waals surface area contributed by atoms with Crippen LogP contribution in [0.4, 0.5) is 0 Å². The van der Waals surface area contributed by atoms with Crippen molar-refractivity contribution in [3.05, 3.63) is 0 Å². The van der Waals surface area contributed by atoms with E-state index in [1.807, 2.05) is 6.92 Å². The molecule has 2 fully saturated rings. The van der Waals surface area contributed by atoms with Crippen LogP contribution in [-0.2, 0) is 14.3 Å². The van der Waals surface area contributed by atoms with Gasteiger partial charge in [-0.1, -0.05) is 0 Å². The number of nitrogens with one attached hydrogen (secondary N) is 1. The molecule has 0 saturated heterocycles. The number of nitrogens with zero attached hydrogens (tertiary/aromatic N) is 1. The normalized spacial score (nSPS) is 29.9. The second kappa shape index (κ2) is 6.87. The Bertz CT molecular complexity index is 333. The summed E-state index contributed by atoms with van der Waals surface area (Å²) >= 11 is 0. The second-order valence-corrected chi connectivity index (χ2v) is 6.07. The number of likely N-dealkylation sites (N-methyl/N-ethyl adjacent to an activating group) is 1. The summed E-state index contributed by atoms with van der Waals surface area (Å²) in [6.45, 7) is 4.44. The van der Waals surface area contributed by atoms with Crippen LogP contribution in [0.15, 0.2) is 0 Å². The van der Waals surface area contributed by atoms with E-state index in [4.69, 9.17) is 9.47 Å². The fourth-order valence-electron chi connectivity index (χ4n) is 3.12. The van der Waals surface area contributed by atoms with Gasteiger partial charge in [-0.25, -0.2) is 0 Å². The molecule has 0 heterocycles. The Morgan fingerprint density at radius 2 is 2.15 bits per heavy atom. The van der Waals surface area contributed by atoms with Crippen molar-refractivity contribution >= 4 is 5.97 Å². The van der Waals surface area contributed by atoms with Crippen LogP contribution in [-0.4, -0.2) is 62.4 Å². The fraction of sp³-hybridized carbons (Fsp3) is 0.933. The summed E-state index contributed by atoms with van der Waals surface area (Å²) < 4.78 is 10.5. The predicted octanol–water partition coefficient (Wildman–Crippen LogP) is 1.17. The Morgan fingerprint density at radius 3 is 2.75 bits per heavy atom. The molecule has 0 aromatic heterocycles. The van der Waals surface area contributed by atoms with Crippen LogP contribution in [0.1, 0.15) is 39.0 Å². The van der Waals surface area contributed by atoms with Crippen molar-refractivity contribution in [1.82, 2.24) is 10.2 Å². The van der Waals surface area contributed by atoms with Gasteiger partial charge in [0, 0.05) is 25.2 Å². The molecular formula is C15H28N2O3. The van der Waals surface area contributed by atoms with Crippen molar-refractivity contribution in [2.24, 2.45) is 0 Å². The van der Waals surface area contributed by atoms with Gasteiger partial charge in [-0.3, -0.25) is 10.1 Å². The highest BCUT2D eigenvalue weighted by Gasteiger charge is 2.49. The van der Waals surface area contributed by atoms with E-state index in [2.05, 4.69) is 17.3 Å². The van der Waals surface area contributed by atoms with Crippen molar-refractivity contribution in [2.45, 2.75) is 56.7 Å². The van der Waals surface area contributed by atoms with E-state index in [0.717, 1.165) is 39.0 Å². The van der Waals surface area contributed by atoms with Gasteiger partial charge in [-0.05, 0) is 46.1 Å². The molecular weight excluding hydrogens is 256 g/mol. The lowest BCUT2D eigenvalue weighted by atomic mass is 9.97.